The lowest BCUT2D eigenvalue weighted by Crippen LogP contribution is -1.89. The van der Waals surface area contributed by atoms with E-state index in [-0.39, 0.29) is 24.8 Å². The van der Waals surface area contributed by atoms with Gasteiger partial charge in [-0.3, -0.25) is 9.78 Å². The molecule has 74 valence electrons. The Kier molecular flexibility index (Phi) is 5.05. The molecule has 0 saturated heterocycles. The van der Waals surface area contributed by atoms with E-state index in [2.05, 4.69) is 9.97 Å². The molecule has 1 heterocycles. The fourth-order valence-corrected chi connectivity index (χ4v) is 1.03. The zero-order chi connectivity index (χ0) is 8.39. The fraction of sp³-hybridized carbons (Fsp3) is 0. The van der Waals surface area contributed by atoms with Crippen molar-refractivity contribution in [3.63, 3.8) is 0 Å². The number of rotatable bonds is 1. The van der Waals surface area contributed by atoms with Crippen molar-refractivity contribution in [2.75, 3.05) is 0 Å². The molecule has 0 bridgehead atoms. The lowest BCUT2D eigenvalue weighted by Gasteiger charge is -1.94. The number of aromatic nitrogens is 2. The van der Waals surface area contributed by atoms with Crippen molar-refractivity contribution in [3.8, 4) is 0 Å². The first kappa shape index (κ1) is 12.8. The molecule has 0 fully saturated rings. The lowest BCUT2D eigenvalue weighted by atomic mass is 10.3. The molecular formula is C9H8Cl2N2O. The van der Waals surface area contributed by atoms with Gasteiger partial charge in [-0.25, -0.2) is 4.98 Å². The van der Waals surface area contributed by atoms with Gasteiger partial charge < -0.3 is 0 Å². The van der Waals surface area contributed by atoms with Crippen LogP contribution < -0.4 is 0 Å². The molecular weight excluding hydrogens is 223 g/mol. The number of hydrogen-bond donors (Lipinski definition) is 0. The second-order valence-corrected chi connectivity index (χ2v) is 2.40. The van der Waals surface area contributed by atoms with Crippen molar-refractivity contribution in [2.24, 2.45) is 0 Å². The number of aldehydes is 1. The third kappa shape index (κ3) is 2.40. The van der Waals surface area contributed by atoms with Crippen molar-refractivity contribution in [1.82, 2.24) is 9.97 Å². The first-order valence-corrected chi connectivity index (χ1v) is 3.57. The van der Waals surface area contributed by atoms with E-state index < -0.39 is 0 Å². The molecule has 5 heteroatoms. The molecule has 1 aromatic heterocycles. The van der Waals surface area contributed by atoms with E-state index in [9.17, 15) is 4.79 Å². The number of halogens is 2. The first-order chi connectivity index (χ1) is 5.90. The maximum absolute atomic E-state index is 10.3. The Morgan fingerprint density at radius 3 is 2.36 bits per heavy atom. The topological polar surface area (TPSA) is 42.9 Å². The van der Waals surface area contributed by atoms with E-state index in [4.69, 9.17) is 0 Å². The smallest absolute Gasteiger partial charge is 0.170 e. The van der Waals surface area contributed by atoms with Gasteiger partial charge in [0.05, 0.1) is 17.2 Å². The van der Waals surface area contributed by atoms with Crippen LogP contribution in [-0.4, -0.2) is 16.3 Å². The molecule has 0 aliphatic heterocycles. The normalized spacial score (nSPS) is 8.57. The Morgan fingerprint density at radius 2 is 1.71 bits per heavy atom. The lowest BCUT2D eigenvalue weighted by molar-refractivity contribution is 0.111. The number of para-hydroxylation sites is 2. The highest BCUT2D eigenvalue weighted by molar-refractivity contribution is 5.85. The monoisotopic (exact) mass is 230 g/mol. The number of hydrogen-bond acceptors (Lipinski definition) is 3. The maximum atomic E-state index is 10.3. The molecule has 0 N–H and O–H groups in total. The van der Waals surface area contributed by atoms with Gasteiger partial charge >= 0.3 is 0 Å². The standard InChI is InChI=1S/C9H6N2O.2ClH/c12-6-7-5-10-8-3-1-2-4-9(8)11-7;;/h1-6H;2*1H. The summed E-state index contributed by atoms with van der Waals surface area (Å²) in [5, 5.41) is 0. The molecule has 14 heavy (non-hydrogen) atoms. The molecule has 0 amide bonds. The summed E-state index contributed by atoms with van der Waals surface area (Å²) in [4.78, 5) is 18.5. The van der Waals surface area contributed by atoms with Gasteiger partial charge in [0.1, 0.15) is 5.69 Å². The Balaban J connectivity index is 0.000000845. The number of carbonyl (C=O) groups is 1. The van der Waals surface area contributed by atoms with Gasteiger partial charge in [-0.2, -0.15) is 0 Å². The van der Waals surface area contributed by atoms with Crippen LogP contribution in [0.1, 0.15) is 10.5 Å². The van der Waals surface area contributed by atoms with Crippen LogP contribution >= 0.6 is 24.8 Å². The van der Waals surface area contributed by atoms with E-state index >= 15 is 0 Å². The van der Waals surface area contributed by atoms with Crippen molar-refractivity contribution >= 4 is 42.1 Å². The maximum Gasteiger partial charge on any atom is 0.170 e. The number of carbonyl (C=O) groups excluding carboxylic acids is 1. The molecule has 0 aliphatic carbocycles. The summed E-state index contributed by atoms with van der Waals surface area (Å²) in [6, 6.07) is 7.44. The third-order valence-corrected chi connectivity index (χ3v) is 1.59. The van der Waals surface area contributed by atoms with Crippen molar-refractivity contribution in [1.29, 1.82) is 0 Å². The van der Waals surface area contributed by atoms with Crippen molar-refractivity contribution in [3.05, 3.63) is 36.2 Å². The highest BCUT2D eigenvalue weighted by Crippen LogP contribution is 2.06. The molecule has 2 aromatic rings. The SMILES string of the molecule is Cl.Cl.O=Cc1cnc2ccccc2n1. The summed E-state index contributed by atoms with van der Waals surface area (Å²) in [5.74, 6) is 0. The van der Waals surface area contributed by atoms with Crippen LogP contribution in [0.4, 0.5) is 0 Å². The summed E-state index contributed by atoms with van der Waals surface area (Å²) in [6.45, 7) is 0. The minimum Gasteiger partial charge on any atom is -0.296 e. The Bertz CT molecular complexity index is 434. The predicted molar refractivity (Wildman–Crippen MR) is 59.4 cm³/mol. The summed E-state index contributed by atoms with van der Waals surface area (Å²) in [7, 11) is 0. The summed E-state index contributed by atoms with van der Waals surface area (Å²) in [6.07, 6.45) is 2.16. The van der Waals surface area contributed by atoms with Gasteiger partial charge in [0.15, 0.2) is 6.29 Å². The van der Waals surface area contributed by atoms with Crippen molar-refractivity contribution in [2.45, 2.75) is 0 Å². The van der Waals surface area contributed by atoms with E-state index in [0.717, 1.165) is 11.0 Å². The Morgan fingerprint density at radius 1 is 1.07 bits per heavy atom. The highest BCUT2D eigenvalue weighted by Gasteiger charge is 1.95. The predicted octanol–water partition coefficient (Wildman–Crippen LogP) is 2.29. The average Bonchev–Trinajstić information content (AvgIpc) is 2.17. The Labute approximate surface area is 93.4 Å². The summed E-state index contributed by atoms with van der Waals surface area (Å²) >= 11 is 0. The zero-order valence-corrected chi connectivity index (χ0v) is 8.72. The second kappa shape index (κ2) is 5.52. The fourth-order valence-electron chi connectivity index (χ4n) is 1.03. The molecule has 0 saturated carbocycles. The average molecular weight is 231 g/mol. The van der Waals surface area contributed by atoms with Crippen molar-refractivity contribution < 1.29 is 4.79 Å². The number of fused-ring (bicyclic) bond motifs is 1. The van der Waals surface area contributed by atoms with Crippen LogP contribution in [0.5, 0.6) is 0 Å². The number of benzene rings is 1. The molecule has 2 rings (SSSR count). The number of nitrogens with zero attached hydrogens (tertiary/aromatic N) is 2. The first-order valence-electron chi connectivity index (χ1n) is 3.57. The molecule has 0 atom stereocenters. The van der Waals surface area contributed by atoms with Gasteiger partial charge in [-0.05, 0) is 12.1 Å². The largest absolute Gasteiger partial charge is 0.296 e. The zero-order valence-electron chi connectivity index (χ0n) is 7.08. The van der Waals surface area contributed by atoms with Crippen LogP contribution in [0.15, 0.2) is 30.5 Å². The Hall–Kier alpha value is -1.19. The van der Waals surface area contributed by atoms with Crippen LogP contribution in [-0.2, 0) is 0 Å². The van der Waals surface area contributed by atoms with Crippen LogP contribution in [0, 0.1) is 0 Å². The van der Waals surface area contributed by atoms with Crippen LogP contribution in [0.3, 0.4) is 0 Å². The van der Waals surface area contributed by atoms with Crippen LogP contribution in [0.2, 0.25) is 0 Å². The van der Waals surface area contributed by atoms with Gasteiger partial charge in [0.25, 0.3) is 0 Å². The summed E-state index contributed by atoms with van der Waals surface area (Å²) in [5.41, 5.74) is 1.93. The quantitative estimate of drug-likeness (QED) is 0.707. The van der Waals surface area contributed by atoms with E-state index in [1.165, 1.54) is 6.20 Å². The molecule has 3 nitrogen and oxygen atoms in total. The van der Waals surface area contributed by atoms with E-state index in [0.29, 0.717) is 12.0 Å². The van der Waals surface area contributed by atoms with E-state index in [1.54, 1.807) is 0 Å². The van der Waals surface area contributed by atoms with Gasteiger partial charge in [0.2, 0.25) is 0 Å². The second-order valence-electron chi connectivity index (χ2n) is 2.40. The van der Waals surface area contributed by atoms with Gasteiger partial charge in [0, 0.05) is 0 Å². The molecule has 0 radical (unpaired) electrons. The van der Waals surface area contributed by atoms with Gasteiger partial charge in [-0.15, -0.1) is 24.8 Å². The van der Waals surface area contributed by atoms with E-state index in [1.807, 2.05) is 24.3 Å². The highest BCUT2D eigenvalue weighted by atomic mass is 35.5. The molecule has 0 aliphatic rings. The van der Waals surface area contributed by atoms with Crippen LogP contribution in [0.25, 0.3) is 11.0 Å². The molecule has 0 unspecified atom stereocenters. The van der Waals surface area contributed by atoms with Gasteiger partial charge in [-0.1, -0.05) is 12.1 Å². The molecule has 0 spiro atoms. The molecule has 1 aromatic carbocycles. The third-order valence-electron chi connectivity index (χ3n) is 1.59. The minimum absolute atomic E-state index is 0. The minimum atomic E-state index is 0. The summed E-state index contributed by atoms with van der Waals surface area (Å²) < 4.78 is 0.